The van der Waals surface area contributed by atoms with Gasteiger partial charge in [0.1, 0.15) is 6.23 Å². The van der Waals surface area contributed by atoms with E-state index >= 15 is 0 Å². The molecule has 0 saturated carbocycles. The first-order valence-corrected chi connectivity index (χ1v) is 8.85. The van der Waals surface area contributed by atoms with Crippen LogP contribution in [0, 0.1) is 5.41 Å². The highest BCUT2D eigenvalue weighted by Crippen LogP contribution is 2.57. The summed E-state index contributed by atoms with van der Waals surface area (Å²) in [5.41, 5.74) is 4.67. The van der Waals surface area contributed by atoms with Gasteiger partial charge in [-0.15, -0.1) is 0 Å². The summed E-state index contributed by atoms with van der Waals surface area (Å²) in [7, 11) is 1.86. The van der Waals surface area contributed by atoms with Gasteiger partial charge in [0.25, 0.3) is 0 Å². The predicted molar refractivity (Wildman–Crippen MR) is 92.5 cm³/mol. The molecule has 0 spiro atoms. The summed E-state index contributed by atoms with van der Waals surface area (Å²) in [6.45, 7) is 4.60. The van der Waals surface area contributed by atoms with Gasteiger partial charge in [-0.3, -0.25) is 4.90 Å². The molecule has 0 fully saturated rings. The minimum atomic E-state index is 0.141. The first-order valence-electron chi connectivity index (χ1n) is 8.85. The van der Waals surface area contributed by atoms with Crippen molar-refractivity contribution in [2.45, 2.75) is 38.5 Å². The van der Waals surface area contributed by atoms with E-state index in [2.05, 4.69) is 52.8 Å². The van der Waals surface area contributed by atoms with Crippen LogP contribution in [0.4, 0.5) is 0 Å². The zero-order chi connectivity index (χ0) is 15.6. The van der Waals surface area contributed by atoms with E-state index in [1.54, 1.807) is 5.56 Å². The fourth-order valence-corrected chi connectivity index (χ4v) is 5.37. The molecule has 0 N–H and O–H groups in total. The van der Waals surface area contributed by atoms with Gasteiger partial charge < -0.3 is 9.30 Å². The fourth-order valence-electron chi connectivity index (χ4n) is 5.37. The van der Waals surface area contributed by atoms with Gasteiger partial charge in [-0.05, 0) is 24.5 Å². The van der Waals surface area contributed by atoms with Crippen LogP contribution in [0.3, 0.4) is 0 Å². The first kappa shape index (κ1) is 13.8. The Hall–Kier alpha value is -1.58. The first-order chi connectivity index (χ1) is 11.3. The van der Waals surface area contributed by atoms with Crippen molar-refractivity contribution >= 4 is 10.9 Å². The normalized spacial score (nSPS) is 32.3. The Bertz CT molecular complexity index is 805. The van der Waals surface area contributed by atoms with Crippen molar-refractivity contribution < 1.29 is 4.74 Å². The maximum Gasteiger partial charge on any atom is 0.134 e. The SMILES string of the molecule is CCC12C=CCN3CCc4c(n(c5ccccc45)C(OC)C1)C32. The second-order valence-electron chi connectivity index (χ2n) is 7.28. The summed E-state index contributed by atoms with van der Waals surface area (Å²) in [4.78, 5) is 2.69. The largest absolute Gasteiger partial charge is 0.361 e. The molecule has 0 amide bonds. The van der Waals surface area contributed by atoms with Crippen molar-refractivity contribution in [3.63, 3.8) is 0 Å². The minimum absolute atomic E-state index is 0.141. The van der Waals surface area contributed by atoms with Crippen molar-refractivity contribution in [3.8, 4) is 0 Å². The summed E-state index contributed by atoms with van der Waals surface area (Å²) in [6, 6.07) is 9.41. The van der Waals surface area contributed by atoms with Crippen molar-refractivity contribution in [1.82, 2.24) is 9.47 Å². The zero-order valence-electron chi connectivity index (χ0n) is 14.0. The molecule has 23 heavy (non-hydrogen) atoms. The molecule has 3 aliphatic heterocycles. The lowest BCUT2D eigenvalue weighted by molar-refractivity contribution is -0.0530. The summed E-state index contributed by atoms with van der Waals surface area (Å²) in [6.07, 6.45) is 8.42. The quantitative estimate of drug-likeness (QED) is 0.779. The third kappa shape index (κ3) is 1.62. The molecule has 5 rings (SSSR count). The van der Waals surface area contributed by atoms with E-state index in [-0.39, 0.29) is 11.6 Å². The molecule has 3 nitrogen and oxygen atoms in total. The van der Waals surface area contributed by atoms with E-state index in [0.29, 0.717) is 6.04 Å². The van der Waals surface area contributed by atoms with Crippen molar-refractivity contribution in [3.05, 3.63) is 47.7 Å². The van der Waals surface area contributed by atoms with Gasteiger partial charge in [0.15, 0.2) is 0 Å². The van der Waals surface area contributed by atoms with Gasteiger partial charge in [-0.25, -0.2) is 0 Å². The Morgan fingerprint density at radius 2 is 2.17 bits per heavy atom. The molecule has 3 heteroatoms. The molecule has 4 heterocycles. The Morgan fingerprint density at radius 1 is 1.30 bits per heavy atom. The standard InChI is InChI=1S/C20H24N2O/c1-3-20-10-6-11-21-12-9-15-14-7-4-5-8-16(14)22(17(13-20)23-2)18(15)19(20)21/h4-8,10,17,19H,3,9,11-13H2,1-2H3. The van der Waals surface area contributed by atoms with Crippen LogP contribution in [0.2, 0.25) is 0 Å². The van der Waals surface area contributed by atoms with Gasteiger partial charge in [-0.1, -0.05) is 37.3 Å². The van der Waals surface area contributed by atoms with Crippen LogP contribution < -0.4 is 0 Å². The number of nitrogens with zero attached hydrogens (tertiary/aromatic N) is 2. The molecule has 0 radical (unpaired) electrons. The summed E-state index contributed by atoms with van der Waals surface area (Å²) in [5.74, 6) is 0. The van der Waals surface area contributed by atoms with Crippen LogP contribution in [0.15, 0.2) is 36.4 Å². The molecule has 1 aromatic heterocycles. The van der Waals surface area contributed by atoms with Gasteiger partial charge in [0, 0.05) is 43.1 Å². The number of hydrogen-bond acceptors (Lipinski definition) is 2. The van der Waals surface area contributed by atoms with Gasteiger partial charge in [0.05, 0.1) is 11.6 Å². The summed E-state index contributed by atoms with van der Waals surface area (Å²) in [5, 5.41) is 1.44. The third-order valence-electron chi connectivity index (χ3n) is 6.44. The minimum Gasteiger partial charge on any atom is -0.361 e. The maximum atomic E-state index is 5.98. The Labute approximate surface area is 137 Å². The monoisotopic (exact) mass is 308 g/mol. The van der Waals surface area contributed by atoms with Gasteiger partial charge in [0.2, 0.25) is 0 Å². The summed E-state index contributed by atoms with van der Waals surface area (Å²) >= 11 is 0. The van der Waals surface area contributed by atoms with Crippen LogP contribution in [0.5, 0.6) is 0 Å². The van der Waals surface area contributed by atoms with E-state index in [1.807, 2.05) is 7.11 Å². The molecule has 0 bridgehead atoms. The van der Waals surface area contributed by atoms with Gasteiger partial charge in [-0.2, -0.15) is 0 Å². The van der Waals surface area contributed by atoms with E-state index in [4.69, 9.17) is 4.74 Å². The molecule has 0 aliphatic carbocycles. The third-order valence-corrected chi connectivity index (χ3v) is 6.44. The van der Waals surface area contributed by atoms with Crippen molar-refractivity contribution in [2.75, 3.05) is 20.2 Å². The van der Waals surface area contributed by atoms with E-state index in [1.165, 1.54) is 29.6 Å². The van der Waals surface area contributed by atoms with Crippen LogP contribution in [0.25, 0.3) is 10.9 Å². The molecular weight excluding hydrogens is 284 g/mol. The number of hydrogen-bond donors (Lipinski definition) is 0. The predicted octanol–water partition coefficient (Wildman–Crippen LogP) is 4.06. The zero-order valence-corrected chi connectivity index (χ0v) is 14.0. The second kappa shape index (κ2) is 4.71. The fraction of sp³-hybridized carbons (Fsp3) is 0.500. The average molecular weight is 308 g/mol. The molecule has 1 aromatic carbocycles. The molecular formula is C20H24N2O. The van der Waals surface area contributed by atoms with Crippen LogP contribution in [-0.4, -0.2) is 29.7 Å². The van der Waals surface area contributed by atoms with E-state index in [0.717, 1.165) is 19.4 Å². The van der Waals surface area contributed by atoms with Crippen molar-refractivity contribution in [1.29, 1.82) is 0 Å². The maximum absolute atomic E-state index is 5.98. The number of fused-ring (bicyclic) bond motifs is 3. The number of methoxy groups -OCH3 is 1. The lowest BCUT2D eigenvalue weighted by Crippen LogP contribution is -2.51. The molecule has 2 aromatic rings. The Kier molecular flexibility index (Phi) is 2.83. The van der Waals surface area contributed by atoms with Crippen LogP contribution in [-0.2, 0) is 11.2 Å². The molecule has 120 valence electrons. The molecule has 3 atom stereocenters. The molecule has 0 saturated heterocycles. The van der Waals surface area contributed by atoms with Crippen molar-refractivity contribution in [2.24, 2.45) is 5.41 Å². The lowest BCUT2D eigenvalue weighted by Gasteiger charge is -2.54. The van der Waals surface area contributed by atoms with Crippen LogP contribution >= 0.6 is 0 Å². The lowest BCUT2D eigenvalue weighted by atomic mass is 9.67. The summed E-state index contributed by atoms with van der Waals surface area (Å²) < 4.78 is 8.49. The van der Waals surface area contributed by atoms with Crippen LogP contribution in [0.1, 0.15) is 43.3 Å². The highest BCUT2D eigenvalue weighted by molar-refractivity contribution is 5.86. The second-order valence-corrected chi connectivity index (χ2v) is 7.28. The van der Waals surface area contributed by atoms with Gasteiger partial charge >= 0.3 is 0 Å². The van der Waals surface area contributed by atoms with E-state index in [9.17, 15) is 0 Å². The Balaban J connectivity index is 1.87. The number of para-hydroxylation sites is 1. The molecule has 3 unspecified atom stereocenters. The van der Waals surface area contributed by atoms with E-state index < -0.39 is 0 Å². The number of rotatable bonds is 2. The highest BCUT2D eigenvalue weighted by atomic mass is 16.5. The molecule has 3 aliphatic rings. The number of ether oxygens (including phenoxy) is 1. The average Bonchev–Trinajstić information content (AvgIpc) is 2.95. The Morgan fingerprint density at radius 3 is 3.00 bits per heavy atom. The topological polar surface area (TPSA) is 17.4 Å². The highest BCUT2D eigenvalue weighted by Gasteiger charge is 2.51. The number of aromatic nitrogens is 1. The smallest absolute Gasteiger partial charge is 0.134 e. The number of benzene rings is 1.